The Balaban J connectivity index is 3.23. The van der Waals surface area contributed by atoms with Crippen LogP contribution in [-0.2, 0) is 11.0 Å². The molecule has 0 saturated carbocycles. The molecule has 0 aliphatic rings. The highest BCUT2D eigenvalue weighted by molar-refractivity contribution is 6.32. The Bertz CT molecular complexity index is 420. The first-order valence-electron chi connectivity index (χ1n) is 4.03. The Hall–Kier alpha value is -0.940. The molecule has 0 aromatic heterocycles. The molecule has 2 N–H and O–H groups in total. The van der Waals surface area contributed by atoms with Crippen LogP contribution >= 0.6 is 23.2 Å². The van der Waals surface area contributed by atoms with Crippen molar-refractivity contribution in [3.63, 3.8) is 0 Å². The second-order valence-corrected chi connectivity index (χ2v) is 3.85. The number of benzene rings is 1. The summed E-state index contributed by atoms with van der Waals surface area (Å²) in [5.74, 6) is -0.919. The average molecular weight is 272 g/mol. The third-order valence-corrected chi connectivity index (χ3v) is 2.63. The van der Waals surface area contributed by atoms with E-state index in [1.54, 1.807) is 0 Å². The van der Waals surface area contributed by atoms with Crippen LogP contribution < -0.4 is 5.73 Å². The molecule has 0 fully saturated rings. The Morgan fingerprint density at radius 3 is 2.38 bits per heavy atom. The van der Waals surface area contributed by atoms with E-state index in [2.05, 4.69) is 0 Å². The van der Waals surface area contributed by atoms with Crippen LogP contribution in [0.4, 0.5) is 13.2 Å². The van der Waals surface area contributed by atoms with Crippen molar-refractivity contribution >= 4 is 29.1 Å². The first kappa shape index (κ1) is 13.1. The minimum Gasteiger partial charge on any atom is -0.368 e. The molecule has 7 heteroatoms. The van der Waals surface area contributed by atoms with E-state index >= 15 is 0 Å². The van der Waals surface area contributed by atoms with Crippen molar-refractivity contribution < 1.29 is 18.0 Å². The number of nitrogens with two attached hydrogens (primary N) is 1. The van der Waals surface area contributed by atoms with Gasteiger partial charge in [-0.15, -0.1) is 11.6 Å². The van der Waals surface area contributed by atoms with E-state index in [9.17, 15) is 18.0 Å². The lowest BCUT2D eigenvalue weighted by Gasteiger charge is -2.12. The number of rotatable bonds is 2. The molecule has 0 aliphatic heterocycles. The van der Waals surface area contributed by atoms with Crippen LogP contribution in [0.15, 0.2) is 18.2 Å². The molecule has 1 rings (SSSR count). The predicted octanol–water partition coefficient (Wildman–Crippen LogP) is 3.12. The normalized spacial score (nSPS) is 13.6. The van der Waals surface area contributed by atoms with Gasteiger partial charge in [0, 0.05) is 0 Å². The summed E-state index contributed by atoms with van der Waals surface area (Å²) >= 11 is 10.9. The molecule has 1 amide bonds. The largest absolute Gasteiger partial charge is 0.417 e. The van der Waals surface area contributed by atoms with Gasteiger partial charge in [0.1, 0.15) is 5.38 Å². The maximum absolute atomic E-state index is 12.4. The van der Waals surface area contributed by atoms with Crippen molar-refractivity contribution in [2.24, 2.45) is 5.73 Å². The maximum atomic E-state index is 12.4. The minimum atomic E-state index is -4.60. The van der Waals surface area contributed by atoms with Crippen molar-refractivity contribution in [2.45, 2.75) is 11.6 Å². The van der Waals surface area contributed by atoms with Gasteiger partial charge >= 0.3 is 6.18 Å². The lowest BCUT2D eigenvalue weighted by Crippen LogP contribution is -2.17. The second-order valence-electron chi connectivity index (χ2n) is 3.00. The highest BCUT2D eigenvalue weighted by Gasteiger charge is 2.34. The van der Waals surface area contributed by atoms with E-state index in [1.807, 2.05) is 0 Å². The number of hydrogen-bond donors (Lipinski definition) is 1. The van der Waals surface area contributed by atoms with Crippen LogP contribution in [0.1, 0.15) is 16.5 Å². The topological polar surface area (TPSA) is 43.1 Å². The molecule has 16 heavy (non-hydrogen) atoms. The van der Waals surface area contributed by atoms with Crippen molar-refractivity contribution in [1.29, 1.82) is 0 Å². The zero-order chi connectivity index (χ0) is 12.5. The van der Waals surface area contributed by atoms with Gasteiger partial charge in [0.05, 0.1) is 10.6 Å². The number of halogens is 5. The standard InChI is InChI=1S/C9H6Cl2F3NO/c10-6-2-1-4(7(11)8(15)16)3-5(6)9(12,13)14/h1-3,7H,(H2,15,16). The van der Waals surface area contributed by atoms with Crippen LogP contribution in [0.3, 0.4) is 0 Å². The molecular weight excluding hydrogens is 266 g/mol. The highest BCUT2D eigenvalue weighted by Crippen LogP contribution is 2.36. The third-order valence-electron chi connectivity index (χ3n) is 1.84. The molecule has 1 atom stereocenters. The van der Waals surface area contributed by atoms with E-state index in [0.717, 1.165) is 6.07 Å². The SMILES string of the molecule is NC(=O)C(Cl)c1ccc(Cl)c(C(F)(F)F)c1. The van der Waals surface area contributed by atoms with Crippen molar-refractivity contribution in [1.82, 2.24) is 0 Å². The highest BCUT2D eigenvalue weighted by atomic mass is 35.5. The van der Waals surface area contributed by atoms with E-state index < -0.39 is 28.0 Å². The molecular formula is C9H6Cl2F3NO. The van der Waals surface area contributed by atoms with Gasteiger partial charge in [0.15, 0.2) is 0 Å². The van der Waals surface area contributed by atoms with Gasteiger partial charge in [0.2, 0.25) is 5.91 Å². The summed E-state index contributed by atoms with van der Waals surface area (Å²) in [4.78, 5) is 10.7. The Morgan fingerprint density at radius 1 is 1.38 bits per heavy atom. The summed E-state index contributed by atoms with van der Waals surface area (Å²) in [6, 6.07) is 2.96. The first-order chi connectivity index (χ1) is 7.23. The van der Waals surface area contributed by atoms with Crippen LogP contribution in [-0.4, -0.2) is 5.91 Å². The monoisotopic (exact) mass is 271 g/mol. The van der Waals surface area contributed by atoms with Gasteiger partial charge in [-0.1, -0.05) is 17.7 Å². The van der Waals surface area contributed by atoms with E-state index in [4.69, 9.17) is 28.9 Å². The van der Waals surface area contributed by atoms with Crippen molar-refractivity contribution in [2.75, 3.05) is 0 Å². The summed E-state index contributed by atoms with van der Waals surface area (Å²) in [6.45, 7) is 0. The van der Waals surface area contributed by atoms with Gasteiger partial charge in [-0.2, -0.15) is 13.2 Å². The van der Waals surface area contributed by atoms with E-state index in [1.165, 1.54) is 6.07 Å². The second kappa shape index (κ2) is 4.51. The molecule has 1 unspecified atom stereocenters. The van der Waals surface area contributed by atoms with Gasteiger partial charge < -0.3 is 5.73 Å². The summed E-state index contributed by atoms with van der Waals surface area (Å²) in [6.07, 6.45) is -4.60. The average Bonchev–Trinajstić information content (AvgIpc) is 2.15. The molecule has 0 spiro atoms. The minimum absolute atomic E-state index is 0.0362. The summed E-state index contributed by atoms with van der Waals surface area (Å²) in [5.41, 5.74) is 3.80. The molecule has 2 nitrogen and oxygen atoms in total. The number of amides is 1. The first-order valence-corrected chi connectivity index (χ1v) is 4.85. The van der Waals surface area contributed by atoms with Crippen LogP contribution in [0.25, 0.3) is 0 Å². The summed E-state index contributed by atoms with van der Waals surface area (Å²) in [5, 5.41) is -1.76. The quantitative estimate of drug-likeness (QED) is 0.826. The molecule has 88 valence electrons. The van der Waals surface area contributed by atoms with E-state index in [0.29, 0.717) is 6.07 Å². The molecule has 0 saturated heterocycles. The number of alkyl halides is 4. The zero-order valence-corrected chi connectivity index (χ0v) is 9.20. The molecule has 0 radical (unpaired) electrons. The number of hydrogen-bond acceptors (Lipinski definition) is 1. The lowest BCUT2D eigenvalue weighted by atomic mass is 10.1. The molecule has 1 aromatic carbocycles. The summed E-state index contributed by atoms with van der Waals surface area (Å²) < 4.78 is 37.3. The van der Waals surface area contributed by atoms with Gasteiger partial charge in [-0.3, -0.25) is 4.79 Å². The molecule has 0 aliphatic carbocycles. The zero-order valence-electron chi connectivity index (χ0n) is 7.68. The fourth-order valence-electron chi connectivity index (χ4n) is 1.08. The van der Waals surface area contributed by atoms with Gasteiger partial charge in [-0.25, -0.2) is 0 Å². The Kier molecular flexibility index (Phi) is 3.70. The third kappa shape index (κ3) is 2.80. The molecule has 0 heterocycles. The van der Waals surface area contributed by atoms with Crippen LogP contribution in [0, 0.1) is 0 Å². The molecule has 0 bridgehead atoms. The smallest absolute Gasteiger partial charge is 0.368 e. The van der Waals surface area contributed by atoms with Crippen LogP contribution in [0.2, 0.25) is 5.02 Å². The number of carbonyl (C=O) groups excluding carboxylic acids is 1. The van der Waals surface area contributed by atoms with E-state index in [-0.39, 0.29) is 5.56 Å². The Labute approximate surface area is 99.1 Å². The number of carbonyl (C=O) groups is 1. The van der Waals surface area contributed by atoms with Gasteiger partial charge in [0.25, 0.3) is 0 Å². The number of primary amides is 1. The fraction of sp³-hybridized carbons (Fsp3) is 0.222. The van der Waals surface area contributed by atoms with Crippen molar-refractivity contribution in [3.05, 3.63) is 34.3 Å². The Morgan fingerprint density at radius 2 is 1.94 bits per heavy atom. The van der Waals surface area contributed by atoms with Crippen molar-refractivity contribution in [3.8, 4) is 0 Å². The lowest BCUT2D eigenvalue weighted by molar-refractivity contribution is -0.137. The molecule has 1 aromatic rings. The van der Waals surface area contributed by atoms with Crippen LogP contribution in [0.5, 0.6) is 0 Å². The summed E-state index contributed by atoms with van der Waals surface area (Å²) in [7, 11) is 0. The van der Waals surface area contributed by atoms with Gasteiger partial charge in [-0.05, 0) is 17.7 Å². The maximum Gasteiger partial charge on any atom is 0.417 e. The fourth-order valence-corrected chi connectivity index (χ4v) is 1.44. The predicted molar refractivity (Wildman–Crippen MR) is 54.2 cm³/mol.